The number of hydrogen-bond donors (Lipinski definition) is 1. The molecule has 0 saturated carbocycles. The maximum Gasteiger partial charge on any atom is 0.191 e. The number of ether oxygens (including phenoxy) is 1. The Morgan fingerprint density at radius 1 is 1.07 bits per heavy atom. The molecule has 4 rings (SSSR count). The summed E-state index contributed by atoms with van der Waals surface area (Å²) in [6.45, 7) is 2.90. The van der Waals surface area contributed by atoms with Crippen molar-refractivity contribution < 1.29 is 4.74 Å². The molecule has 0 saturated heterocycles. The number of thiazole rings is 1. The van der Waals surface area contributed by atoms with Gasteiger partial charge in [0.25, 0.3) is 0 Å². The third-order valence-corrected chi connectivity index (χ3v) is 6.11. The highest BCUT2D eigenvalue weighted by Gasteiger charge is 2.14. The minimum absolute atomic E-state index is 0.744. The Hall–Kier alpha value is -2.84. The van der Waals surface area contributed by atoms with Crippen molar-refractivity contribution in [2.24, 2.45) is 0 Å². The van der Waals surface area contributed by atoms with Crippen LogP contribution in [0.25, 0.3) is 11.4 Å². The summed E-state index contributed by atoms with van der Waals surface area (Å²) in [4.78, 5) is 4.68. The Bertz CT molecular complexity index is 1060. The smallest absolute Gasteiger partial charge is 0.191 e. The third-order valence-electron chi connectivity index (χ3n) is 4.31. The first-order chi connectivity index (χ1) is 14.3. The standard InChI is InChI=1S/C21H21N5OS2/c1-3-26-19(15-9-11-18(27-2)12-10-15)24-25-21(26)29-14-17-13-28-20(23-17)22-16-7-5-4-6-8-16/h4-13H,3,14H2,1-2H3,(H,22,23). The molecule has 29 heavy (non-hydrogen) atoms. The topological polar surface area (TPSA) is 64.9 Å². The fourth-order valence-corrected chi connectivity index (χ4v) is 4.58. The van der Waals surface area contributed by atoms with Gasteiger partial charge in [0.2, 0.25) is 0 Å². The molecule has 0 unspecified atom stereocenters. The summed E-state index contributed by atoms with van der Waals surface area (Å²) in [6, 6.07) is 18.0. The van der Waals surface area contributed by atoms with Crippen molar-refractivity contribution >= 4 is 33.9 Å². The van der Waals surface area contributed by atoms with E-state index < -0.39 is 0 Å². The van der Waals surface area contributed by atoms with Crippen molar-refractivity contribution in [3.8, 4) is 17.1 Å². The lowest BCUT2D eigenvalue weighted by Crippen LogP contribution is -2.00. The second-order valence-corrected chi connectivity index (χ2v) is 8.00. The lowest BCUT2D eigenvalue weighted by Gasteiger charge is -2.07. The lowest BCUT2D eigenvalue weighted by atomic mass is 10.2. The Morgan fingerprint density at radius 3 is 2.59 bits per heavy atom. The zero-order valence-electron chi connectivity index (χ0n) is 16.2. The summed E-state index contributed by atoms with van der Waals surface area (Å²) >= 11 is 3.25. The Kier molecular flexibility index (Phi) is 6.12. The molecule has 2 aromatic heterocycles. The molecule has 0 fully saturated rings. The normalized spacial score (nSPS) is 10.8. The molecular formula is C21H21N5OS2. The first-order valence-electron chi connectivity index (χ1n) is 9.23. The van der Waals surface area contributed by atoms with Crippen LogP contribution >= 0.6 is 23.1 Å². The van der Waals surface area contributed by atoms with Gasteiger partial charge in [0, 0.05) is 28.9 Å². The van der Waals surface area contributed by atoms with Crippen molar-refractivity contribution in [1.82, 2.24) is 19.7 Å². The van der Waals surface area contributed by atoms with Crippen molar-refractivity contribution in [3.63, 3.8) is 0 Å². The average molecular weight is 424 g/mol. The minimum atomic E-state index is 0.744. The van der Waals surface area contributed by atoms with E-state index in [1.807, 2.05) is 54.6 Å². The van der Waals surface area contributed by atoms with Crippen LogP contribution in [0.15, 0.2) is 65.1 Å². The second-order valence-electron chi connectivity index (χ2n) is 6.20. The van der Waals surface area contributed by atoms with Crippen LogP contribution in [0.5, 0.6) is 5.75 Å². The number of anilines is 2. The summed E-state index contributed by atoms with van der Waals surface area (Å²) in [7, 11) is 1.66. The number of nitrogens with zero attached hydrogens (tertiary/aromatic N) is 4. The number of aromatic nitrogens is 4. The van der Waals surface area contributed by atoms with Gasteiger partial charge in [-0.05, 0) is 43.3 Å². The molecule has 148 valence electrons. The lowest BCUT2D eigenvalue weighted by molar-refractivity contribution is 0.415. The maximum atomic E-state index is 5.24. The summed E-state index contributed by atoms with van der Waals surface area (Å²) < 4.78 is 7.36. The Morgan fingerprint density at radius 2 is 1.86 bits per heavy atom. The number of para-hydroxylation sites is 1. The molecule has 0 spiro atoms. The molecule has 4 aromatic rings. The molecule has 0 atom stereocenters. The van der Waals surface area contributed by atoms with Crippen LogP contribution in [0, 0.1) is 0 Å². The predicted octanol–water partition coefficient (Wildman–Crippen LogP) is 5.47. The number of thioether (sulfide) groups is 1. The van der Waals surface area contributed by atoms with Gasteiger partial charge in [-0.15, -0.1) is 21.5 Å². The fraction of sp³-hybridized carbons (Fsp3) is 0.190. The zero-order valence-corrected chi connectivity index (χ0v) is 17.8. The number of methoxy groups -OCH3 is 1. The summed E-state index contributed by atoms with van der Waals surface area (Å²) in [5.41, 5.74) is 3.08. The van der Waals surface area contributed by atoms with Gasteiger partial charge in [-0.2, -0.15) is 0 Å². The van der Waals surface area contributed by atoms with E-state index in [1.165, 1.54) is 0 Å². The molecule has 8 heteroatoms. The van der Waals surface area contributed by atoms with Gasteiger partial charge in [-0.1, -0.05) is 30.0 Å². The molecule has 2 heterocycles. The first-order valence-corrected chi connectivity index (χ1v) is 11.1. The summed E-state index contributed by atoms with van der Waals surface area (Å²) in [6.07, 6.45) is 0. The van der Waals surface area contributed by atoms with Gasteiger partial charge in [0.15, 0.2) is 16.1 Å². The van der Waals surface area contributed by atoms with Crippen LogP contribution in [0.2, 0.25) is 0 Å². The summed E-state index contributed by atoms with van der Waals surface area (Å²) in [5, 5.41) is 16.0. The van der Waals surface area contributed by atoms with Gasteiger partial charge >= 0.3 is 0 Å². The van der Waals surface area contributed by atoms with Gasteiger partial charge in [0.05, 0.1) is 12.8 Å². The molecule has 2 aromatic carbocycles. The molecule has 0 bridgehead atoms. The number of hydrogen-bond acceptors (Lipinski definition) is 7. The predicted molar refractivity (Wildman–Crippen MR) is 119 cm³/mol. The van der Waals surface area contributed by atoms with E-state index in [-0.39, 0.29) is 0 Å². The quantitative estimate of drug-likeness (QED) is 0.379. The highest BCUT2D eigenvalue weighted by atomic mass is 32.2. The van der Waals surface area contributed by atoms with Crippen molar-refractivity contribution in [3.05, 3.63) is 65.7 Å². The largest absolute Gasteiger partial charge is 0.497 e. The van der Waals surface area contributed by atoms with E-state index >= 15 is 0 Å². The van der Waals surface area contributed by atoms with Crippen LogP contribution < -0.4 is 10.1 Å². The molecule has 0 aliphatic carbocycles. The van der Waals surface area contributed by atoms with E-state index in [2.05, 4.69) is 37.4 Å². The van der Waals surface area contributed by atoms with E-state index in [1.54, 1.807) is 30.2 Å². The monoisotopic (exact) mass is 423 g/mol. The molecule has 0 radical (unpaired) electrons. The van der Waals surface area contributed by atoms with Crippen molar-refractivity contribution in [1.29, 1.82) is 0 Å². The van der Waals surface area contributed by atoms with Crippen molar-refractivity contribution in [2.45, 2.75) is 24.4 Å². The van der Waals surface area contributed by atoms with Gasteiger partial charge < -0.3 is 14.6 Å². The van der Waals surface area contributed by atoms with Gasteiger partial charge in [0.1, 0.15) is 5.75 Å². The molecule has 0 aliphatic heterocycles. The van der Waals surface area contributed by atoms with Gasteiger partial charge in [-0.25, -0.2) is 4.98 Å². The molecule has 1 N–H and O–H groups in total. The van der Waals surface area contributed by atoms with E-state index in [0.717, 1.165) is 51.1 Å². The zero-order chi connectivity index (χ0) is 20.1. The maximum absolute atomic E-state index is 5.24. The SMILES string of the molecule is CCn1c(SCc2csc(Nc3ccccc3)n2)nnc1-c1ccc(OC)cc1. The number of nitrogens with one attached hydrogen (secondary N) is 1. The van der Waals surface area contributed by atoms with Gasteiger partial charge in [-0.3, -0.25) is 0 Å². The summed E-state index contributed by atoms with van der Waals surface area (Å²) in [5.74, 6) is 2.44. The third kappa shape index (κ3) is 4.60. The first kappa shape index (κ1) is 19.5. The fourth-order valence-electron chi connectivity index (χ4n) is 2.85. The molecule has 6 nitrogen and oxygen atoms in total. The average Bonchev–Trinajstić information content (AvgIpc) is 3.39. The highest BCUT2D eigenvalue weighted by Crippen LogP contribution is 2.29. The van der Waals surface area contributed by atoms with E-state index in [9.17, 15) is 0 Å². The van der Waals surface area contributed by atoms with Crippen LogP contribution in [0.4, 0.5) is 10.8 Å². The van der Waals surface area contributed by atoms with Crippen LogP contribution in [0.1, 0.15) is 12.6 Å². The molecule has 0 amide bonds. The van der Waals surface area contributed by atoms with Crippen LogP contribution in [-0.4, -0.2) is 26.9 Å². The van der Waals surface area contributed by atoms with E-state index in [4.69, 9.17) is 4.74 Å². The van der Waals surface area contributed by atoms with E-state index in [0.29, 0.717) is 0 Å². The number of benzene rings is 2. The van der Waals surface area contributed by atoms with Crippen molar-refractivity contribution in [2.75, 3.05) is 12.4 Å². The Balaban J connectivity index is 1.44. The minimum Gasteiger partial charge on any atom is -0.497 e. The number of rotatable bonds is 8. The van der Waals surface area contributed by atoms with Crippen LogP contribution in [0.3, 0.4) is 0 Å². The molecular weight excluding hydrogens is 402 g/mol. The van der Waals surface area contributed by atoms with Crippen LogP contribution in [-0.2, 0) is 12.3 Å². The highest BCUT2D eigenvalue weighted by molar-refractivity contribution is 7.98. The molecule has 0 aliphatic rings. The second kappa shape index (κ2) is 9.11. The Labute approximate surface area is 178 Å².